The summed E-state index contributed by atoms with van der Waals surface area (Å²) in [5, 5.41) is 20.1. The SMILES string of the molecule is C=C1OC(=O)[C@@]2(C1=O)[C@H](O)[C@@H](O)C=C[C@H]2/C=C/C=C/CCC. The molecule has 2 rings (SSSR count). The molecule has 1 saturated heterocycles. The van der Waals surface area contributed by atoms with Crippen molar-refractivity contribution in [3.05, 3.63) is 48.8 Å². The van der Waals surface area contributed by atoms with Crippen LogP contribution in [0.25, 0.3) is 0 Å². The number of allylic oxidation sites excluding steroid dienone is 6. The Morgan fingerprint density at radius 2 is 2.05 bits per heavy atom. The molecule has 22 heavy (non-hydrogen) atoms. The van der Waals surface area contributed by atoms with E-state index >= 15 is 0 Å². The third-order valence-corrected chi connectivity index (χ3v) is 4.04. The Kier molecular flexibility index (Phi) is 4.78. The van der Waals surface area contributed by atoms with E-state index < -0.39 is 35.3 Å². The average Bonchev–Trinajstić information content (AvgIpc) is 2.71. The summed E-state index contributed by atoms with van der Waals surface area (Å²) in [6.45, 7) is 5.46. The molecule has 0 aromatic heterocycles. The van der Waals surface area contributed by atoms with Gasteiger partial charge in [0, 0.05) is 5.92 Å². The molecule has 1 heterocycles. The van der Waals surface area contributed by atoms with Gasteiger partial charge in [-0.05, 0) is 6.42 Å². The fourth-order valence-electron chi connectivity index (χ4n) is 2.81. The number of ketones is 1. The third kappa shape index (κ3) is 2.46. The minimum atomic E-state index is -1.85. The summed E-state index contributed by atoms with van der Waals surface area (Å²) < 4.78 is 4.82. The zero-order valence-corrected chi connectivity index (χ0v) is 12.4. The normalized spacial score (nSPS) is 35.2. The maximum atomic E-state index is 12.4. The zero-order valence-electron chi connectivity index (χ0n) is 12.4. The largest absolute Gasteiger partial charge is 0.422 e. The van der Waals surface area contributed by atoms with Crippen LogP contribution in [0.1, 0.15) is 19.8 Å². The highest BCUT2D eigenvalue weighted by Gasteiger charge is 2.65. The Morgan fingerprint density at radius 1 is 1.32 bits per heavy atom. The summed E-state index contributed by atoms with van der Waals surface area (Å²) in [4.78, 5) is 24.6. The van der Waals surface area contributed by atoms with E-state index in [1.807, 2.05) is 12.2 Å². The summed E-state index contributed by atoms with van der Waals surface area (Å²) in [7, 11) is 0. The van der Waals surface area contributed by atoms with Crippen molar-refractivity contribution in [2.45, 2.75) is 32.0 Å². The van der Waals surface area contributed by atoms with Crippen molar-refractivity contribution >= 4 is 11.8 Å². The van der Waals surface area contributed by atoms with Gasteiger partial charge in [-0.15, -0.1) is 0 Å². The Bertz CT molecular complexity index is 572. The van der Waals surface area contributed by atoms with Gasteiger partial charge in [-0.1, -0.05) is 56.4 Å². The van der Waals surface area contributed by atoms with Gasteiger partial charge >= 0.3 is 5.97 Å². The quantitative estimate of drug-likeness (QED) is 0.270. The lowest BCUT2D eigenvalue weighted by Gasteiger charge is -2.37. The van der Waals surface area contributed by atoms with Crippen LogP contribution in [0.4, 0.5) is 0 Å². The molecule has 1 fully saturated rings. The highest BCUT2D eigenvalue weighted by Crippen LogP contribution is 2.46. The number of ether oxygens (including phenoxy) is 1. The predicted molar refractivity (Wildman–Crippen MR) is 80.5 cm³/mol. The van der Waals surface area contributed by atoms with Gasteiger partial charge in [0.2, 0.25) is 5.78 Å². The van der Waals surface area contributed by atoms with Crippen LogP contribution in [0.5, 0.6) is 0 Å². The number of carbonyl (C=O) groups excluding carboxylic acids is 2. The molecule has 0 amide bonds. The summed E-state index contributed by atoms with van der Waals surface area (Å²) in [6, 6.07) is 0. The standard InChI is InChI=1S/C17H20O5/c1-3-4-5-6-7-8-12-9-10-13(18)15(20)17(12)14(19)11(2)22-16(17)21/h5-10,12-13,15,18,20H,2-4H2,1H3/b6-5+,8-7+/t12-,13+,15-,17+/m1/s1. The number of aliphatic hydroxyl groups is 2. The summed E-state index contributed by atoms with van der Waals surface area (Å²) >= 11 is 0. The molecule has 5 nitrogen and oxygen atoms in total. The van der Waals surface area contributed by atoms with Crippen LogP contribution in [-0.4, -0.2) is 34.2 Å². The van der Waals surface area contributed by atoms with Crippen LogP contribution in [0.15, 0.2) is 48.8 Å². The molecule has 4 atom stereocenters. The van der Waals surface area contributed by atoms with E-state index in [9.17, 15) is 19.8 Å². The summed E-state index contributed by atoms with van der Waals surface area (Å²) in [5.74, 6) is -2.55. The van der Waals surface area contributed by atoms with Crippen LogP contribution < -0.4 is 0 Å². The summed E-state index contributed by atoms with van der Waals surface area (Å²) in [6.07, 6.45) is 9.16. The molecule has 1 spiro atoms. The molecule has 0 unspecified atom stereocenters. The number of rotatable bonds is 4. The Labute approximate surface area is 129 Å². The zero-order chi connectivity index (χ0) is 16.3. The number of carbonyl (C=O) groups is 2. The van der Waals surface area contributed by atoms with Gasteiger partial charge < -0.3 is 14.9 Å². The predicted octanol–water partition coefficient (Wildman–Crippen LogP) is 1.43. The number of hydrogen-bond donors (Lipinski definition) is 2. The van der Waals surface area contributed by atoms with E-state index in [2.05, 4.69) is 13.5 Å². The molecule has 0 aromatic rings. The Balaban J connectivity index is 2.38. The first-order valence-electron chi connectivity index (χ1n) is 7.30. The Hall–Kier alpha value is -1.98. The smallest absolute Gasteiger partial charge is 0.329 e. The number of Topliss-reactive ketones (excluding diaryl/α,β-unsaturated/α-hetero) is 1. The lowest BCUT2D eigenvalue weighted by molar-refractivity contribution is -0.161. The van der Waals surface area contributed by atoms with Crippen molar-refractivity contribution in [3.8, 4) is 0 Å². The molecular formula is C17H20O5. The molecule has 0 saturated carbocycles. The van der Waals surface area contributed by atoms with Crippen molar-refractivity contribution in [2.75, 3.05) is 0 Å². The van der Waals surface area contributed by atoms with Gasteiger partial charge in [-0.25, -0.2) is 0 Å². The number of esters is 1. The van der Waals surface area contributed by atoms with E-state index in [4.69, 9.17) is 4.74 Å². The molecule has 1 aliphatic carbocycles. The first kappa shape index (κ1) is 16.4. The van der Waals surface area contributed by atoms with Crippen molar-refractivity contribution in [1.29, 1.82) is 0 Å². The van der Waals surface area contributed by atoms with Gasteiger partial charge in [-0.3, -0.25) is 9.59 Å². The average molecular weight is 304 g/mol. The number of unbranched alkanes of at least 4 members (excludes halogenated alkanes) is 1. The minimum Gasteiger partial charge on any atom is -0.422 e. The Morgan fingerprint density at radius 3 is 2.64 bits per heavy atom. The fraction of sp³-hybridized carbons (Fsp3) is 0.412. The fourth-order valence-corrected chi connectivity index (χ4v) is 2.81. The van der Waals surface area contributed by atoms with Gasteiger partial charge in [0.25, 0.3) is 0 Å². The van der Waals surface area contributed by atoms with Gasteiger partial charge in [-0.2, -0.15) is 0 Å². The number of aliphatic hydroxyl groups excluding tert-OH is 2. The van der Waals surface area contributed by atoms with Gasteiger partial charge in [0.05, 0.1) is 6.10 Å². The van der Waals surface area contributed by atoms with E-state index in [0.29, 0.717) is 0 Å². The van der Waals surface area contributed by atoms with Crippen LogP contribution in [-0.2, 0) is 14.3 Å². The van der Waals surface area contributed by atoms with Gasteiger partial charge in [0.15, 0.2) is 11.2 Å². The molecule has 0 aromatic carbocycles. The molecule has 0 radical (unpaired) electrons. The molecule has 118 valence electrons. The van der Waals surface area contributed by atoms with Crippen molar-refractivity contribution in [1.82, 2.24) is 0 Å². The van der Waals surface area contributed by atoms with E-state index in [1.165, 1.54) is 6.08 Å². The molecule has 1 aliphatic heterocycles. The minimum absolute atomic E-state index is 0.300. The second-order valence-electron chi connectivity index (χ2n) is 5.46. The highest BCUT2D eigenvalue weighted by molar-refractivity contribution is 6.18. The highest BCUT2D eigenvalue weighted by atomic mass is 16.6. The third-order valence-electron chi connectivity index (χ3n) is 4.04. The summed E-state index contributed by atoms with van der Waals surface area (Å²) in [5.41, 5.74) is -1.85. The van der Waals surface area contributed by atoms with Crippen LogP contribution in [0, 0.1) is 11.3 Å². The number of cyclic esters (lactones) is 1. The first-order valence-corrected chi connectivity index (χ1v) is 7.30. The van der Waals surface area contributed by atoms with Crippen LogP contribution in [0.2, 0.25) is 0 Å². The molecule has 5 heteroatoms. The topological polar surface area (TPSA) is 83.8 Å². The lowest BCUT2D eigenvalue weighted by Crippen LogP contribution is -2.55. The molecule has 0 bridgehead atoms. The lowest BCUT2D eigenvalue weighted by atomic mass is 9.64. The van der Waals surface area contributed by atoms with Crippen LogP contribution in [0.3, 0.4) is 0 Å². The van der Waals surface area contributed by atoms with Crippen molar-refractivity contribution in [3.63, 3.8) is 0 Å². The van der Waals surface area contributed by atoms with Gasteiger partial charge in [0.1, 0.15) is 6.10 Å². The van der Waals surface area contributed by atoms with E-state index in [-0.39, 0.29) is 5.76 Å². The molecule has 2 N–H and O–H groups in total. The van der Waals surface area contributed by atoms with Crippen molar-refractivity contribution in [2.24, 2.45) is 11.3 Å². The molecular weight excluding hydrogens is 284 g/mol. The second-order valence-corrected chi connectivity index (χ2v) is 5.46. The first-order chi connectivity index (χ1) is 10.5. The second kappa shape index (κ2) is 6.42. The molecule has 2 aliphatic rings. The number of hydrogen-bond acceptors (Lipinski definition) is 5. The maximum Gasteiger partial charge on any atom is 0.329 e. The van der Waals surface area contributed by atoms with Crippen molar-refractivity contribution < 1.29 is 24.5 Å². The van der Waals surface area contributed by atoms with E-state index in [1.54, 1.807) is 18.2 Å². The van der Waals surface area contributed by atoms with E-state index in [0.717, 1.165) is 12.8 Å². The maximum absolute atomic E-state index is 12.4. The van der Waals surface area contributed by atoms with Crippen LogP contribution >= 0.6 is 0 Å². The monoisotopic (exact) mass is 304 g/mol.